The summed E-state index contributed by atoms with van der Waals surface area (Å²) in [4.78, 5) is 16.2. The van der Waals surface area contributed by atoms with Crippen molar-refractivity contribution in [3.05, 3.63) is 53.3 Å². The number of nitrogens with zero attached hydrogens (tertiary/aromatic N) is 1. The molecular weight excluding hydrogens is 240 g/mol. The zero-order valence-corrected chi connectivity index (χ0v) is 11.2. The van der Waals surface area contributed by atoms with Gasteiger partial charge in [0.25, 0.3) is 5.91 Å². The highest BCUT2D eigenvalue weighted by atomic mass is 16.5. The molecule has 2 aromatic rings. The van der Waals surface area contributed by atoms with Crippen LogP contribution in [0.1, 0.15) is 21.6 Å². The van der Waals surface area contributed by atoms with Crippen molar-refractivity contribution in [1.82, 2.24) is 4.98 Å². The Bertz CT molecular complexity index is 609. The first-order chi connectivity index (χ1) is 9.10. The standard InChI is InChI=1S/C15H16N2O2/c1-10-8-12(4-5-14(10)19-3)15(18)17-13-6-7-16-11(2)9-13/h4-9H,1-3H3,(H,16,17,18). The lowest BCUT2D eigenvalue weighted by molar-refractivity contribution is 0.102. The zero-order chi connectivity index (χ0) is 13.8. The van der Waals surface area contributed by atoms with Crippen LogP contribution in [0.4, 0.5) is 5.69 Å². The van der Waals surface area contributed by atoms with Crippen molar-refractivity contribution >= 4 is 11.6 Å². The van der Waals surface area contributed by atoms with Gasteiger partial charge in [-0.25, -0.2) is 0 Å². The van der Waals surface area contributed by atoms with E-state index in [0.717, 1.165) is 22.7 Å². The molecule has 4 heteroatoms. The number of aromatic nitrogens is 1. The van der Waals surface area contributed by atoms with Crippen LogP contribution in [-0.2, 0) is 0 Å². The molecule has 0 aliphatic carbocycles. The van der Waals surface area contributed by atoms with E-state index in [0.29, 0.717) is 5.56 Å². The molecule has 19 heavy (non-hydrogen) atoms. The predicted molar refractivity (Wildman–Crippen MR) is 74.7 cm³/mol. The minimum absolute atomic E-state index is 0.142. The third-order valence-electron chi connectivity index (χ3n) is 2.81. The molecule has 4 nitrogen and oxygen atoms in total. The van der Waals surface area contributed by atoms with Gasteiger partial charge in [-0.1, -0.05) is 0 Å². The maximum Gasteiger partial charge on any atom is 0.255 e. The quantitative estimate of drug-likeness (QED) is 0.918. The van der Waals surface area contributed by atoms with Crippen LogP contribution in [0.3, 0.4) is 0 Å². The predicted octanol–water partition coefficient (Wildman–Crippen LogP) is 2.96. The third-order valence-corrected chi connectivity index (χ3v) is 2.81. The first-order valence-corrected chi connectivity index (χ1v) is 5.99. The van der Waals surface area contributed by atoms with E-state index in [4.69, 9.17) is 4.74 Å². The third kappa shape index (κ3) is 3.10. The fourth-order valence-electron chi connectivity index (χ4n) is 1.85. The number of amides is 1. The first-order valence-electron chi connectivity index (χ1n) is 5.99. The number of hydrogen-bond acceptors (Lipinski definition) is 3. The van der Waals surface area contributed by atoms with E-state index in [9.17, 15) is 4.79 Å². The van der Waals surface area contributed by atoms with Crippen LogP contribution in [0.15, 0.2) is 36.5 Å². The van der Waals surface area contributed by atoms with Crippen molar-refractivity contribution in [1.29, 1.82) is 0 Å². The van der Waals surface area contributed by atoms with Gasteiger partial charge in [0.15, 0.2) is 0 Å². The summed E-state index contributed by atoms with van der Waals surface area (Å²) < 4.78 is 5.17. The molecule has 2 rings (SSSR count). The van der Waals surface area contributed by atoms with Crippen molar-refractivity contribution < 1.29 is 9.53 Å². The summed E-state index contributed by atoms with van der Waals surface area (Å²) in [5.41, 5.74) is 3.14. The number of rotatable bonds is 3. The normalized spacial score (nSPS) is 10.1. The Balaban J connectivity index is 2.18. The minimum Gasteiger partial charge on any atom is -0.496 e. The van der Waals surface area contributed by atoms with Crippen molar-refractivity contribution in [2.24, 2.45) is 0 Å². The molecule has 1 N–H and O–H groups in total. The van der Waals surface area contributed by atoms with Crippen LogP contribution < -0.4 is 10.1 Å². The molecule has 0 fully saturated rings. The summed E-state index contributed by atoms with van der Waals surface area (Å²) in [6, 6.07) is 8.94. The van der Waals surface area contributed by atoms with Gasteiger partial charge < -0.3 is 10.1 Å². The second kappa shape index (κ2) is 5.52. The molecule has 0 unspecified atom stereocenters. The lowest BCUT2D eigenvalue weighted by Crippen LogP contribution is -2.12. The van der Waals surface area contributed by atoms with Crippen molar-refractivity contribution in [2.75, 3.05) is 12.4 Å². The van der Waals surface area contributed by atoms with Gasteiger partial charge in [-0.2, -0.15) is 0 Å². The molecule has 98 valence electrons. The summed E-state index contributed by atoms with van der Waals surface area (Å²) in [5.74, 6) is 0.632. The van der Waals surface area contributed by atoms with E-state index < -0.39 is 0 Å². The number of methoxy groups -OCH3 is 1. The summed E-state index contributed by atoms with van der Waals surface area (Å²) >= 11 is 0. The van der Waals surface area contributed by atoms with E-state index >= 15 is 0 Å². The van der Waals surface area contributed by atoms with Crippen LogP contribution in [0.2, 0.25) is 0 Å². The lowest BCUT2D eigenvalue weighted by Gasteiger charge is -2.08. The van der Waals surface area contributed by atoms with Crippen LogP contribution >= 0.6 is 0 Å². The Kier molecular flexibility index (Phi) is 3.80. The van der Waals surface area contributed by atoms with Gasteiger partial charge in [-0.3, -0.25) is 9.78 Å². The van der Waals surface area contributed by atoms with Crippen LogP contribution in [0.25, 0.3) is 0 Å². The van der Waals surface area contributed by atoms with Crippen molar-refractivity contribution in [3.8, 4) is 5.75 Å². The average molecular weight is 256 g/mol. The maximum absolute atomic E-state index is 12.1. The largest absolute Gasteiger partial charge is 0.496 e. The van der Waals surface area contributed by atoms with E-state index in [1.54, 1.807) is 31.5 Å². The van der Waals surface area contributed by atoms with Crippen LogP contribution in [0.5, 0.6) is 5.75 Å². The summed E-state index contributed by atoms with van der Waals surface area (Å²) in [6.07, 6.45) is 1.67. The first kappa shape index (κ1) is 13.1. The second-order valence-electron chi connectivity index (χ2n) is 4.32. The van der Waals surface area contributed by atoms with Gasteiger partial charge >= 0.3 is 0 Å². The molecule has 0 saturated heterocycles. The van der Waals surface area contributed by atoms with Crippen LogP contribution in [0, 0.1) is 13.8 Å². The second-order valence-corrected chi connectivity index (χ2v) is 4.32. The Morgan fingerprint density at radius 2 is 2.00 bits per heavy atom. The van der Waals surface area contributed by atoms with E-state index in [1.807, 2.05) is 26.0 Å². The Morgan fingerprint density at radius 1 is 1.21 bits per heavy atom. The number of aryl methyl sites for hydroxylation is 2. The molecule has 1 heterocycles. The lowest BCUT2D eigenvalue weighted by atomic mass is 10.1. The number of pyridine rings is 1. The van der Waals surface area contributed by atoms with Crippen molar-refractivity contribution in [2.45, 2.75) is 13.8 Å². The SMILES string of the molecule is COc1ccc(C(=O)Nc2ccnc(C)c2)cc1C. The molecule has 1 aromatic carbocycles. The molecule has 1 amide bonds. The minimum atomic E-state index is -0.142. The van der Waals surface area contributed by atoms with E-state index in [-0.39, 0.29) is 5.91 Å². The number of ether oxygens (including phenoxy) is 1. The summed E-state index contributed by atoms with van der Waals surface area (Å²) in [5, 5.41) is 2.84. The molecule has 0 aliphatic heterocycles. The number of carbonyl (C=O) groups excluding carboxylic acids is 1. The number of anilines is 1. The number of benzene rings is 1. The van der Waals surface area contributed by atoms with Gasteiger partial charge in [0.1, 0.15) is 5.75 Å². The average Bonchev–Trinajstić information content (AvgIpc) is 2.38. The molecule has 0 atom stereocenters. The molecular formula is C15H16N2O2. The monoisotopic (exact) mass is 256 g/mol. The van der Waals surface area contributed by atoms with E-state index in [2.05, 4.69) is 10.3 Å². The fraction of sp³-hybridized carbons (Fsp3) is 0.200. The molecule has 0 spiro atoms. The van der Waals surface area contributed by atoms with Crippen molar-refractivity contribution in [3.63, 3.8) is 0 Å². The van der Waals surface area contributed by atoms with Gasteiger partial charge in [-0.05, 0) is 49.7 Å². The van der Waals surface area contributed by atoms with Gasteiger partial charge in [0.2, 0.25) is 0 Å². The molecule has 0 bridgehead atoms. The fourth-order valence-corrected chi connectivity index (χ4v) is 1.85. The Labute approximate surface area is 112 Å². The number of nitrogens with one attached hydrogen (secondary N) is 1. The highest BCUT2D eigenvalue weighted by molar-refractivity contribution is 6.04. The van der Waals surface area contributed by atoms with Gasteiger partial charge in [-0.15, -0.1) is 0 Å². The summed E-state index contributed by atoms with van der Waals surface area (Å²) in [6.45, 7) is 3.79. The zero-order valence-electron chi connectivity index (χ0n) is 11.2. The molecule has 1 aromatic heterocycles. The topological polar surface area (TPSA) is 51.2 Å². The van der Waals surface area contributed by atoms with Gasteiger partial charge in [0, 0.05) is 23.1 Å². The maximum atomic E-state index is 12.1. The van der Waals surface area contributed by atoms with Crippen LogP contribution in [-0.4, -0.2) is 18.0 Å². The Morgan fingerprint density at radius 3 is 2.63 bits per heavy atom. The van der Waals surface area contributed by atoms with E-state index in [1.165, 1.54) is 0 Å². The number of carbonyl (C=O) groups is 1. The molecule has 0 radical (unpaired) electrons. The molecule has 0 aliphatic rings. The summed E-state index contributed by atoms with van der Waals surface area (Å²) in [7, 11) is 1.61. The number of hydrogen-bond donors (Lipinski definition) is 1. The highest BCUT2D eigenvalue weighted by Crippen LogP contribution is 2.19. The highest BCUT2D eigenvalue weighted by Gasteiger charge is 2.08. The van der Waals surface area contributed by atoms with Gasteiger partial charge in [0.05, 0.1) is 7.11 Å². The smallest absolute Gasteiger partial charge is 0.255 e. The Hall–Kier alpha value is -2.36. The molecule has 0 saturated carbocycles.